The molecule has 2 atom stereocenters. The number of carbonyl (C=O) groups excluding carboxylic acids is 1. The molecule has 0 spiro atoms. The lowest BCUT2D eigenvalue weighted by atomic mass is 10.1. The van der Waals surface area contributed by atoms with Crippen molar-refractivity contribution >= 4 is 5.91 Å². The summed E-state index contributed by atoms with van der Waals surface area (Å²) in [5.74, 6) is 0.0814. The second-order valence-electron chi connectivity index (χ2n) is 8.93. The molecule has 0 radical (unpaired) electrons. The number of fused-ring (bicyclic) bond motifs is 1. The van der Waals surface area contributed by atoms with Crippen molar-refractivity contribution in [1.82, 2.24) is 19.6 Å². The molecule has 3 heterocycles. The number of aryl methyl sites for hydroxylation is 2. The minimum absolute atomic E-state index is 0.0781. The number of hydrogen-bond acceptors (Lipinski definition) is 4. The molecule has 1 amide bonds. The zero-order valence-corrected chi connectivity index (χ0v) is 18.8. The minimum Gasteiger partial charge on any atom is -0.373 e. The Labute approximate surface area is 189 Å². The molecule has 2 saturated heterocycles. The average Bonchev–Trinajstić information content (AvgIpc) is 3.37. The highest BCUT2D eigenvalue weighted by Crippen LogP contribution is 2.26. The number of likely N-dealkylation sites (tertiary alicyclic amines) is 1. The molecule has 0 N–H and O–H groups in total. The highest BCUT2D eigenvalue weighted by Gasteiger charge is 2.41. The lowest BCUT2D eigenvalue weighted by molar-refractivity contribution is -0.0503. The molecule has 3 aromatic rings. The number of amides is 1. The lowest BCUT2D eigenvalue weighted by Crippen LogP contribution is -2.50. The van der Waals surface area contributed by atoms with E-state index in [0.29, 0.717) is 26.2 Å². The highest BCUT2D eigenvalue weighted by atomic mass is 16.5. The smallest absolute Gasteiger partial charge is 0.254 e. The van der Waals surface area contributed by atoms with E-state index in [9.17, 15) is 4.79 Å². The van der Waals surface area contributed by atoms with Crippen molar-refractivity contribution < 1.29 is 9.53 Å². The van der Waals surface area contributed by atoms with Gasteiger partial charge in [0.1, 0.15) is 0 Å². The number of morpholine rings is 1. The van der Waals surface area contributed by atoms with Crippen molar-refractivity contribution in [3.8, 4) is 0 Å². The van der Waals surface area contributed by atoms with Gasteiger partial charge in [0.05, 0.1) is 31.0 Å². The summed E-state index contributed by atoms with van der Waals surface area (Å²) < 4.78 is 8.04. The van der Waals surface area contributed by atoms with Crippen LogP contribution in [0.5, 0.6) is 0 Å². The Balaban J connectivity index is 1.28. The van der Waals surface area contributed by atoms with Crippen molar-refractivity contribution in [3.63, 3.8) is 0 Å². The molecule has 2 aliphatic rings. The molecule has 0 saturated carbocycles. The predicted octanol–water partition coefficient (Wildman–Crippen LogP) is 3.27. The number of ether oxygens (including phenoxy) is 1. The van der Waals surface area contributed by atoms with E-state index in [-0.39, 0.29) is 18.1 Å². The first-order chi connectivity index (χ1) is 15.6. The molecule has 6 nitrogen and oxygen atoms in total. The molecule has 6 heteroatoms. The van der Waals surface area contributed by atoms with Gasteiger partial charge in [0, 0.05) is 37.4 Å². The van der Waals surface area contributed by atoms with Crippen LogP contribution in [0.2, 0.25) is 0 Å². The van der Waals surface area contributed by atoms with Gasteiger partial charge >= 0.3 is 0 Å². The Hall–Kier alpha value is -2.96. The van der Waals surface area contributed by atoms with Crippen LogP contribution in [0.1, 0.15) is 32.9 Å². The molecule has 5 rings (SSSR count). The van der Waals surface area contributed by atoms with Gasteiger partial charge in [-0.2, -0.15) is 5.10 Å². The van der Waals surface area contributed by atoms with Crippen LogP contribution in [0.4, 0.5) is 0 Å². The molecule has 166 valence electrons. The molecule has 1 aromatic heterocycles. The monoisotopic (exact) mass is 430 g/mol. The van der Waals surface area contributed by atoms with E-state index in [1.807, 2.05) is 40.8 Å². The summed E-state index contributed by atoms with van der Waals surface area (Å²) in [5, 5.41) is 4.55. The molecule has 0 aliphatic carbocycles. The second-order valence-corrected chi connectivity index (χ2v) is 8.93. The maximum absolute atomic E-state index is 13.4. The van der Waals surface area contributed by atoms with E-state index in [0.717, 1.165) is 35.6 Å². The van der Waals surface area contributed by atoms with Gasteiger partial charge in [0.2, 0.25) is 0 Å². The van der Waals surface area contributed by atoms with Crippen LogP contribution < -0.4 is 0 Å². The van der Waals surface area contributed by atoms with E-state index in [2.05, 4.69) is 53.3 Å². The number of benzene rings is 2. The van der Waals surface area contributed by atoms with Gasteiger partial charge < -0.3 is 9.64 Å². The van der Waals surface area contributed by atoms with E-state index in [1.54, 1.807) is 0 Å². The topological polar surface area (TPSA) is 50.6 Å². The molecule has 0 unspecified atom stereocenters. The summed E-state index contributed by atoms with van der Waals surface area (Å²) in [6.07, 6.45) is 0.0781. The Kier molecular flexibility index (Phi) is 5.81. The van der Waals surface area contributed by atoms with Crippen LogP contribution in [-0.2, 0) is 17.8 Å². The fraction of sp³-hybridized carbons (Fsp3) is 0.385. The SMILES string of the molecule is Cc1cc(C)n(Cc2cccc(C(=O)N3C[C@@H]4OCCN(Cc5ccccc5)[C@@H]4C3)c2)n1. The summed E-state index contributed by atoms with van der Waals surface area (Å²) >= 11 is 0. The molecule has 32 heavy (non-hydrogen) atoms. The molecule has 2 aliphatic heterocycles. The Bertz CT molecular complexity index is 1090. The first-order valence-corrected chi connectivity index (χ1v) is 11.4. The number of nitrogens with zero attached hydrogens (tertiary/aromatic N) is 4. The fourth-order valence-electron chi connectivity index (χ4n) is 4.93. The van der Waals surface area contributed by atoms with Gasteiger partial charge in [-0.05, 0) is 43.2 Å². The van der Waals surface area contributed by atoms with E-state index >= 15 is 0 Å². The number of aromatic nitrogens is 2. The van der Waals surface area contributed by atoms with Crippen molar-refractivity contribution in [2.45, 2.75) is 39.1 Å². The third-order valence-corrected chi connectivity index (χ3v) is 6.54. The standard InChI is InChI=1S/C26H30N4O2/c1-19-13-20(2)30(27-19)16-22-9-6-10-23(14-22)26(31)29-17-24-25(18-29)32-12-11-28(24)15-21-7-4-3-5-8-21/h3-10,13-14,24-25H,11-12,15-18H2,1-2H3/t24-,25+/m1/s1. The van der Waals surface area contributed by atoms with Crippen LogP contribution in [0, 0.1) is 13.8 Å². The quantitative estimate of drug-likeness (QED) is 0.623. The first-order valence-electron chi connectivity index (χ1n) is 11.4. The maximum Gasteiger partial charge on any atom is 0.254 e. The summed E-state index contributed by atoms with van der Waals surface area (Å²) in [4.78, 5) is 17.8. The molecule has 2 fully saturated rings. The van der Waals surface area contributed by atoms with Crippen molar-refractivity contribution in [3.05, 3.63) is 88.7 Å². The van der Waals surface area contributed by atoms with E-state index in [4.69, 9.17) is 4.74 Å². The van der Waals surface area contributed by atoms with Crippen LogP contribution in [0.25, 0.3) is 0 Å². The number of hydrogen-bond donors (Lipinski definition) is 0. The zero-order valence-electron chi connectivity index (χ0n) is 18.8. The van der Waals surface area contributed by atoms with Gasteiger partial charge in [-0.25, -0.2) is 0 Å². The number of carbonyl (C=O) groups is 1. The molecule has 0 bridgehead atoms. The Morgan fingerprint density at radius 1 is 1.00 bits per heavy atom. The van der Waals surface area contributed by atoms with Gasteiger partial charge in [-0.3, -0.25) is 14.4 Å². The number of rotatable bonds is 5. The summed E-state index contributed by atoms with van der Waals surface area (Å²) in [7, 11) is 0. The second kappa shape index (κ2) is 8.88. The van der Waals surface area contributed by atoms with Gasteiger partial charge in [0.15, 0.2) is 0 Å². The molecule has 2 aromatic carbocycles. The predicted molar refractivity (Wildman–Crippen MR) is 124 cm³/mol. The van der Waals surface area contributed by atoms with Crippen molar-refractivity contribution in [2.75, 3.05) is 26.2 Å². The largest absolute Gasteiger partial charge is 0.373 e. The van der Waals surface area contributed by atoms with Crippen molar-refractivity contribution in [2.24, 2.45) is 0 Å². The van der Waals surface area contributed by atoms with Crippen LogP contribution in [-0.4, -0.2) is 63.9 Å². The summed E-state index contributed by atoms with van der Waals surface area (Å²) in [5.41, 5.74) is 5.25. The van der Waals surface area contributed by atoms with E-state index < -0.39 is 0 Å². The Morgan fingerprint density at radius 3 is 2.59 bits per heavy atom. The van der Waals surface area contributed by atoms with E-state index in [1.165, 1.54) is 5.56 Å². The summed E-state index contributed by atoms with van der Waals surface area (Å²) in [6, 6.07) is 20.8. The minimum atomic E-state index is 0.0781. The lowest BCUT2D eigenvalue weighted by Gasteiger charge is -2.36. The third-order valence-electron chi connectivity index (χ3n) is 6.54. The van der Waals surface area contributed by atoms with Gasteiger partial charge in [0.25, 0.3) is 5.91 Å². The van der Waals surface area contributed by atoms with Crippen LogP contribution in [0.3, 0.4) is 0 Å². The molecular formula is C26H30N4O2. The van der Waals surface area contributed by atoms with Gasteiger partial charge in [-0.15, -0.1) is 0 Å². The fourth-order valence-corrected chi connectivity index (χ4v) is 4.93. The summed E-state index contributed by atoms with van der Waals surface area (Å²) in [6.45, 7) is 8.59. The first kappa shape index (κ1) is 20.9. The third kappa shape index (κ3) is 4.33. The van der Waals surface area contributed by atoms with Gasteiger partial charge in [-0.1, -0.05) is 42.5 Å². The highest BCUT2D eigenvalue weighted by molar-refractivity contribution is 5.94. The maximum atomic E-state index is 13.4. The van der Waals surface area contributed by atoms with Crippen molar-refractivity contribution in [1.29, 1.82) is 0 Å². The Morgan fingerprint density at radius 2 is 1.81 bits per heavy atom. The normalized spacial score (nSPS) is 21.0. The average molecular weight is 431 g/mol. The van der Waals surface area contributed by atoms with Crippen LogP contribution >= 0.6 is 0 Å². The molecular weight excluding hydrogens is 400 g/mol. The zero-order chi connectivity index (χ0) is 22.1. The van der Waals surface area contributed by atoms with Crippen LogP contribution in [0.15, 0.2) is 60.7 Å².